The Morgan fingerprint density at radius 2 is 1.88 bits per heavy atom. The van der Waals surface area contributed by atoms with E-state index in [4.69, 9.17) is 5.11 Å². The smallest absolute Gasteiger partial charge is 0.328 e. The third-order valence-corrected chi connectivity index (χ3v) is 2.02. The lowest BCUT2D eigenvalue weighted by molar-refractivity contribution is -0.131. The molecule has 0 aliphatic rings. The summed E-state index contributed by atoms with van der Waals surface area (Å²) in [6, 6.07) is 7.26. The summed E-state index contributed by atoms with van der Waals surface area (Å²) in [6.07, 6.45) is 1.78. The Balaban J connectivity index is 2.81. The number of rotatable bonds is 4. The van der Waals surface area contributed by atoms with Crippen LogP contribution in [0.15, 0.2) is 36.4 Å². The van der Waals surface area contributed by atoms with Crippen LogP contribution in [-0.2, 0) is 9.59 Å². The predicted molar refractivity (Wildman–Crippen MR) is 66.2 cm³/mol. The first-order valence-corrected chi connectivity index (χ1v) is 4.99. The first-order valence-electron chi connectivity index (χ1n) is 4.99. The highest BCUT2D eigenvalue weighted by molar-refractivity contribution is 6.03. The first kappa shape index (κ1) is 12.8. The van der Waals surface area contributed by atoms with Crippen LogP contribution in [0, 0.1) is 0 Å². The molecule has 17 heavy (non-hydrogen) atoms. The summed E-state index contributed by atoms with van der Waals surface area (Å²) in [4.78, 5) is 23.5. The van der Waals surface area contributed by atoms with Gasteiger partial charge in [0.1, 0.15) is 0 Å². The van der Waals surface area contributed by atoms with E-state index in [0.717, 1.165) is 17.8 Å². The Bertz CT molecular complexity index is 453. The van der Waals surface area contributed by atoms with Crippen LogP contribution in [0.25, 0.3) is 0 Å². The van der Waals surface area contributed by atoms with Crippen LogP contribution in [0.5, 0.6) is 0 Å². The summed E-state index contributed by atoms with van der Waals surface area (Å²) in [5.74, 6) is -1.62. The molecule has 0 heterocycles. The average molecular weight is 234 g/mol. The second-order valence-electron chi connectivity index (χ2n) is 3.57. The number of nitrogens with one attached hydrogen (secondary N) is 1. The summed E-state index contributed by atoms with van der Waals surface area (Å²) in [5, 5.41) is 11.0. The molecule has 5 nitrogen and oxygen atoms in total. The van der Waals surface area contributed by atoms with Gasteiger partial charge >= 0.3 is 5.97 Å². The quantitative estimate of drug-likeness (QED) is 0.771. The van der Waals surface area contributed by atoms with Gasteiger partial charge in [0.15, 0.2) is 0 Å². The van der Waals surface area contributed by atoms with Gasteiger partial charge < -0.3 is 15.3 Å². The average Bonchev–Trinajstić information content (AvgIpc) is 2.27. The molecule has 0 aliphatic carbocycles. The molecule has 1 aromatic carbocycles. The summed E-state index contributed by atoms with van der Waals surface area (Å²) < 4.78 is 0. The molecular weight excluding hydrogens is 220 g/mol. The number of anilines is 2. The molecule has 0 spiro atoms. The summed E-state index contributed by atoms with van der Waals surface area (Å²) in [7, 11) is 3.72. The van der Waals surface area contributed by atoms with Crippen molar-refractivity contribution in [2.75, 3.05) is 24.3 Å². The molecular formula is C12H14N2O3. The highest BCUT2D eigenvalue weighted by atomic mass is 16.4. The molecule has 0 bridgehead atoms. The molecule has 0 saturated heterocycles. The van der Waals surface area contributed by atoms with E-state index in [0.29, 0.717) is 5.69 Å². The number of aliphatic carboxylic acids is 1. The minimum atomic E-state index is -1.15. The zero-order chi connectivity index (χ0) is 12.8. The largest absolute Gasteiger partial charge is 0.478 e. The van der Waals surface area contributed by atoms with Crippen molar-refractivity contribution in [1.29, 1.82) is 0 Å². The first-order chi connectivity index (χ1) is 8.00. The molecule has 1 rings (SSSR count). The number of benzene rings is 1. The van der Waals surface area contributed by atoms with Gasteiger partial charge in [-0.25, -0.2) is 4.79 Å². The maximum atomic E-state index is 11.4. The van der Waals surface area contributed by atoms with E-state index < -0.39 is 11.9 Å². The van der Waals surface area contributed by atoms with Gasteiger partial charge in [-0.1, -0.05) is 12.1 Å². The Kier molecular flexibility index (Phi) is 4.28. The maximum absolute atomic E-state index is 11.4. The van der Waals surface area contributed by atoms with Crippen LogP contribution in [0.1, 0.15) is 0 Å². The number of hydrogen-bond donors (Lipinski definition) is 2. The SMILES string of the molecule is CN(C)c1ccccc1NC(=O)/C=C\C(=O)O. The third-order valence-electron chi connectivity index (χ3n) is 2.02. The van der Waals surface area contributed by atoms with E-state index in [1.54, 1.807) is 12.1 Å². The monoisotopic (exact) mass is 234 g/mol. The fourth-order valence-electron chi connectivity index (χ4n) is 1.29. The predicted octanol–water partition coefficient (Wildman–Crippen LogP) is 1.33. The van der Waals surface area contributed by atoms with Gasteiger partial charge in [-0.2, -0.15) is 0 Å². The van der Waals surface area contributed by atoms with Crippen molar-refractivity contribution in [2.45, 2.75) is 0 Å². The fourth-order valence-corrected chi connectivity index (χ4v) is 1.29. The molecule has 90 valence electrons. The fraction of sp³-hybridized carbons (Fsp3) is 0.167. The number of carbonyl (C=O) groups is 2. The van der Waals surface area contributed by atoms with E-state index in [-0.39, 0.29) is 0 Å². The Morgan fingerprint density at radius 1 is 1.24 bits per heavy atom. The van der Waals surface area contributed by atoms with Crippen LogP contribution < -0.4 is 10.2 Å². The molecule has 1 amide bonds. The Hall–Kier alpha value is -2.30. The zero-order valence-corrected chi connectivity index (χ0v) is 9.68. The molecule has 5 heteroatoms. The van der Waals surface area contributed by atoms with Crippen molar-refractivity contribution in [1.82, 2.24) is 0 Å². The Morgan fingerprint density at radius 3 is 2.47 bits per heavy atom. The molecule has 0 aliphatic heterocycles. The van der Waals surface area contributed by atoms with Crippen LogP contribution in [0.3, 0.4) is 0 Å². The number of amides is 1. The topological polar surface area (TPSA) is 69.6 Å². The molecule has 0 saturated carbocycles. The molecule has 0 radical (unpaired) electrons. The number of para-hydroxylation sites is 2. The second kappa shape index (κ2) is 5.69. The molecule has 0 unspecified atom stereocenters. The van der Waals surface area contributed by atoms with Gasteiger partial charge in [-0.3, -0.25) is 4.79 Å². The standard InChI is InChI=1S/C12H14N2O3/c1-14(2)10-6-4-3-5-9(10)13-11(15)7-8-12(16)17/h3-8H,1-2H3,(H,13,15)(H,16,17)/b8-7-. The number of carboxylic acids is 1. The molecule has 0 atom stereocenters. The van der Waals surface area contributed by atoms with Crippen molar-refractivity contribution >= 4 is 23.3 Å². The third kappa shape index (κ3) is 3.98. The van der Waals surface area contributed by atoms with E-state index in [9.17, 15) is 9.59 Å². The van der Waals surface area contributed by atoms with Gasteiger partial charge in [0.2, 0.25) is 5.91 Å². The summed E-state index contributed by atoms with van der Waals surface area (Å²) in [5.41, 5.74) is 1.49. The van der Waals surface area contributed by atoms with Crippen molar-refractivity contribution in [3.8, 4) is 0 Å². The number of nitrogens with zero attached hydrogens (tertiary/aromatic N) is 1. The van der Waals surface area contributed by atoms with Crippen LogP contribution in [0.2, 0.25) is 0 Å². The maximum Gasteiger partial charge on any atom is 0.328 e. The molecule has 2 N–H and O–H groups in total. The zero-order valence-electron chi connectivity index (χ0n) is 9.68. The highest BCUT2D eigenvalue weighted by Crippen LogP contribution is 2.23. The van der Waals surface area contributed by atoms with Gasteiger partial charge in [-0.05, 0) is 12.1 Å². The van der Waals surface area contributed by atoms with Crippen LogP contribution in [-0.4, -0.2) is 31.1 Å². The normalized spacial score (nSPS) is 10.2. The molecule has 1 aromatic rings. The number of carbonyl (C=O) groups excluding carboxylic acids is 1. The van der Waals surface area contributed by atoms with Gasteiger partial charge in [-0.15, -0.1) is 0 Å². The van der Waals surface area contributed by atoms with Gasteiger partial charge in [0.25, 0.3) is 0 Å². The Labute approximate surface area is 99.4 Å². The van der Waals surface area contributed by atoms with Gasteiger partial charge in [0.05, 0.1) is 11.4 Å². The van der Waals surface area contributed by atoms with Crippen molar-refractivity contribution in [3.05, 3.63) is 36.4 Å². The number of hydrogen-bond acceptors (Lipinski definition) is 3. The lowest BCUT2D eigenvalue weighted by Gasteiger charge is -2.17. The van der Waals surface area contributed by atoms with E-state index in [1.807, 2.05) is 31.1 Å². The molecule has 0 fully saturated rings. The lowest BCUT2D eigenvalue weighted by atomic mass is 10.2. The highest BCUT2D eigenvalue weighted by Gasteiger charge is 2.05. The number of carboxylic acid groups (broad SMARTS) is 1. The van der Waals surface area contributed by atoms with Crippen molar-refractivity contribution in [3.63, 3.8) is 0 Å². The van der Waals surface area contributed by atoms with Crippen LogP contribution in [0.4, 0.5) is 11.4 Å². The van der Waals surface area contributed by atoms with Crippen molar-refractivity contribution < 1.29 is 14.7 Å². The van der Waals surface area contributed by atoms with E-state index >= 15 is 0 Å². The van der Waals surface area contributed by atoms with E-state index in [1.165, 1.54) is 0 Å². The lowest BCUT2D eigenvalue weighted by Crippen LogP contribution is -2.15. The second-order valence-corrected chi connectivity index (χ2v) is 3.57. The van der Waals surface area contributed by atoms with Crippen molar-refractivity contribution in [2.24, 2.45) is 0 Å². The van der Waals surface area contributed by atoms with Crippen LogP contribution >= 0.6 is 0 Å². The minimum Gasteiger partial charge on any atom is -0.478 e. The van der Waals surface area contributed by atoms with Gasteiger partial charge in [0, 0.05) is 26.2 Å². The summed E-state index contributed by atoms with van der Waals surface area (Å²) >= 11 is 0. The molecule has 0 aromatic heterocycles. The summed E-state index contributed by atoms with van der Waals surface area (Å²) in [6.45, 7) is 0. The van der Waals surface area contributed by atoms with E-state index in [2.05, 4.69) is 5.32 Å². The minimum absolute atomic E-state index is 0.471.